The fraction of sp³-hybridized carbons (Fsp3) is 0.500. The number of rotatable bonds is 7. The van der Waals surface area contributed by atoms with Crippen LogP contribution >= 0.6 is 0 Å². The molecule has 1 fully saturated rings. The van der Waals surface area contributed by atoms with E-state index >= 15 is 0 Å². The molecule has 28 heavy (non-hydrogen) atoms. The first-order valence-electron chi connectivity index (χ1n) is 10.7. The highest BCUT2D eigenvalue weighted by molar-refractivity contribution is 5.41. The van der Waals surface area contributed by atoms with Gasteiger partial charge in [0.25, 0.3) is 0 Å². The molecule has 0 amide bonds. The van der Waals surface area contributed by atoms with Crippen LogP contribution in [0, 0.1) is 0 Å². The lowest BCUT2D eigenvalue weighted by Gasteiger charge is -2.35. The lowest BCUT2D eigenvalue weighted by molar-refractivity contribution is 0.0443. The number of fused-ring (bicyclic) bond motifs is 1. The van der Waals surface area contributed by atoms with Gasteiger partial charge in [-0.1, -0.05) is 42.5 Å². The van der Waals surface area contributed by atoms with Gasteiger partial charge in [-0.05, 0) is 48.4 Å². The Kier molecular flexibility index (Phi) is 6.63. The van der Waals surface area contributed by atoms with Gasteiger partial charge in [0.2, 0.25) is 0 Å². The molecule has 0 bridgehead atoms. The minimum Gasteiger partial charge on any atom is -0.491 e. The fourth-order valence-corrected chi connectivity index (χ4v) is 4.39. The topological polar surface area (TPSA) is 35.9 Å². The van der Waals surface area contributed by atoms with Gasteiger partial charge in [-0.2, -0.15) is 0 Å². The summed E-state index contributed by atoms with van der Waals surface area (Å²) in [6.45, 7) is 6.19. The first kappa shape index (κ1) is 19.4. The van der Waals surface area contributed by atoms with Crippen LogP contribution in [-0.4, -0.2) is 60.3 Å². The van der Waals surface area contributed by atoms with Gasteiger partial charge in [-0.15, -0.1) is 0 Å². The minimum absolute atomic E-state index is 0.376. The third-order valence-electron chi connectivity index (χ3n) is 5.97. The number of β-amino-alcohol motifs (C(OH)–C–C–N with tert-alkyl or cyclic N) is 1. The van der Waals surface area contributed by atoms with E-state index in [0.717, 1.165) is 51.3 Å². The maximum Gasteiger partial charge on any atom is 0.122 e. The van der Waals surface area contributed by atoms with Crippen LogP contribution in [0.25, 0.3) is 0 Å². The smallest absolute Gasteiger partial charge is 0.122 e. The Hall–Kier alpha value is -1.88. The van der Waals surface area contributed by atoms with Gasteiger partial charge in [0.05, 0.1) is 0 Å². The van der Waals surface area contributed by atoms with Gasteiger partial charge < -0.3 is 9.84 Å². The van der Waals surface area contributed by atoms with Crippen molar-refractivity contribution >= 4 is 0 Å². The van der Waals surface area contributed by atoms with E-state index in [1.807, 2.05) is 0 Å². The first-order valence-corrected chi connectivity index (χ1v) is 10.7. The summed E-state index contributed by atoms with van der Waals surface area (Å²) in [5.41, 5.74) is 4.15. The number of aliphatic hydroxyl groups is 1. The number of hydrogen-bond acceptors (Lipinski definition) is 4. The maximum absolute atomic E-state index is 10.5. The number of nitrogens with zero attached hydrogens (tertiary/aromatic N) is 2. The molecule has 0 radical (unpaired) electrons. The van der Waals surface area contributed by atoms with E-state index < -0.39 is 6.10 Å². The van der Waals surface area contributed by atoms with Crippen molar-refractivity contribution in [2.45, 2.75) is 38.3 Å². The summed E-state index contributed by atoms with van der Waals surface area (Å²) in [4.78, 5) is 4.85. The van der Waals surface area contributed by atoms with Crippen LogP contribution in [0.2, 0.25) is 0 Å². The summed E-state index contributed by atoms with van der Waals surface area (Å²) in [6.07, 6.45) is 4.33. The van der Waals surface area contributed by atoms with Crippen molar-refractivity contribution in [3.8, 4) is 5.75 Å². The van der Waals surface area contributed by atoms with Crippen molar-refractivity contribution in [1.29, 1.82) is 0 Å². The average Bonchev–Trinajstić information content (AvgIpc) is 2.74. The lowest BCUT2D eigenvalue weighted by atomic mass is 9.91. The Labute approximate surface area is 168 Å². The van der Waals surface area contributed by atoms with Crippen molar-refractivity contribution in [2.75, 3.05) is 39.3 Å². The number of ether oxygens (including phenoxy) is 1. The molecule has 4 nitrogen and oxygen atoms in total. The van der Waals surface area contributed by atoms with Crippen molar-refractivity contribution in [1.82, 2.24) is 9.80 Å². The molecule has 2 aliphatic rings. The van der Waals surface area contributed by atoms with Crippen LogP contribution in [0.3, 0.4) is 0 Å². The molecule has 150 valence electrons. The predicted octanol–water partition coefficient (Wildman–Crippen LogP) is 3.12. The summed E-state index contributed by atoms with van der Waals surface area (Å²) in [5.74, 6) is 0.976. The zero-order valence-corrected chi connectivity index (χ0v) is 16.7. The first-order chi connectivity index (χ1) is 13.8. The second-order valence-corrected chi connectivity index (χ2v) is 8.13. The molecule has 1 unspecified atom stereocenters. The number of piperazine rings is 1. The summed E-state index contributed by atoms with van der Waals surface area (Å²) in [5, 5.41) is 10.5. The third-order valence-corrected chi connectivity index (χ3v) is 5.97. The second-order valence-electron chi connectivity index (χ2n) is 8.13. The highest BCUT2D eigenvalue weighted by atomic mass is 16.5. The monoisotopic (exact) mass is 380 g/mol. The van der Waals surface area contributed by atoms with E-state index in [1.165, 1.54) is 29.5 Å². The summed E-state index contributed by atoms with van der Waals surface area (Å²) >= 11 is 0. The van der Waals surface area contributed by atoms with E-state index in [2.05, 4.69) is 58.3 Å². The molecule has 1 N–H and O–H groups in total. The minimum atomic E-state index is -0.444. The standard InChI is InChI=1S/C24H32N2O2/c27-22(19-28-24-12-6-10-21-9-4-5-11-23(21)24)18-26-15-13-25(14-16-26)17-20-7-2-1-3-8-20/h1-3,6-8,10,12,22,27H,4-5,9,11,13-19H2. The van der Waals surface area contributed by atoms with Crippen molar-refractivity contribution in [3.63, 3.8) is 0 Å². The molecule has 0 spiro atoms. The molecule has 4 heteroatoms. The number of hydrogen-bond donors (Lipinski definition) is 1. The van der Waals surface area contributed by atoms with Gasteiger partial charge in [-0.3, -0.25) is 9.80 Å². The van der Waals surface area contributed by atoms with Crippen molar-refractivity contribution in [2.24, 2.45) is 0 Å². The van der Waals surface area contributed by atoms with E-state index in [9.17, 15) is 5.11 Å². The number of benzene rings is 2. The molecule has 1 saturated heterocycles. The number of aliphatic hydroxyl groups excluding tert-OH is 1. The molecule has 4 rings (SSSR count). The third kappa shape index (κ3) is 5.13. The Bertz CT molecular complexity index is 742. The highest BCUT2D eigenvalue weighted by Gasteiger charge is 2.20. The van der Waals surface area contributed by atoms with Gasteiger partial charge in [-0.25, -0.2) is 0 Å². The summed E-state index contributed by atoms with van der Waals surface area (Å²) in [6, 6.07) is 17.0. The van der Waals surface area contributed by atoms with Crippen LogP contribution < -0.4 is 4.74 Å². The molecule has 2 aromatic carbocycles. The zero-order valence-electron chi connectivity index (χ0n) is 16.7. The molecule has 1 aliphatic heterocycles. The zero-order chi connectivity index (χ0) is 19.2. The molecule has 1 heterocycles. The van der Waals surface area contributed by atoms with Crippen molar-refractivity contribution in [3.05, 3.63) is 65.2 Å². The molecule has 0 aromatic heterocycles. The molecule has 1 aliphatic carbocycles. The average molecular weight is 381 g/mol. The van der Waals surface area contributed by atoms with Gasteiger partial charge in [0.15, 0.2) is 0 Å². The predicted molar refractivity (Wildman–Crippen MR) is 113 cm³/mol. The van der Waals surface area contributed by atoms with Crippen LogP contribution in [-0.2, 0) is 19.4 Å². The quantitative estimate of drug-likeness (QED) is 0.801. The Morgan fingerprint density at radius 3 is 2.43 bits per heavy atom. The Morgan fingerprint density at radius 1 is 0.857 bits per heavy atom. The Balaban J connectivity index is 1.20. The molecule has 2 aromatic rings. The number of aryl methyl sites for hydroxylation is 1. The van der Waals surface area contributed by atoms with Gasteiger partial charge in [0, 0.05) is 39.3 Å². The van der Waals surface area contributed by atoms with E-state index in [-0.39, 0.29) is 0 Å². The van der Waals surface area contributed by atoms with E-state index in [0.29, 0.717) is 13.2 Å². The maximum atomic E-state index is 10.5. The van der Waals surface area contributed by atoms with Crippen LogP contribution in [0.4, 0.5) is 0 Å². The fourth-order valence-electron chi connectivity index (χ4n) is 4.39. The lowest BCUT2D eigenvalue weighted by Crippen LogP contribution is -2.48. The molecule has 0 saturated carbocycles. The normalized spacial score (nSPS) is 19.2. The van der Waals surface area contributed by atoms with Crippen LogP contribution in [0.5, 0.6) is 5.75 Å². The summed E-state index contributed by atoms with van der Waals surface area (Å²) in [7, 11) is 0. The molecular weight excluding hydrogens is 348 g/mol. The van der Waals surface area contributed by atoms with Crippen molar-refractivity contribution < 1.29 is 9.84 Å². The van der Waals surface area contributed by atoms with Gasteiger partial charge >= 0.3 is 0 Å². The highest BCUT2D eigenvalue weighted by Crippen LogP contribution is 2.29. The van der Waals surface area contributed by atoms with Gasteiger partial charge in [0.1, 0.15) is 18.5 Å². The molecule has 1 atom stereocenters. The SMILES string of the molecule is OC(COc1cccc2c1CCCC2)CN1CCN(Cc2ccccc2)CC1. The van der Waals surface area contributed by atoms with Crippen LogP contribution in [0.1, 0.15) is 29.5 Å². The van der Waals surface area contributed by atoms with E-state index in [4.69, 9.17) is 4.74 Å². The van der Waals surface area contributed by atoms with Crippen LogP contribution in [0.15, 0.2) is 48.5 Å². The molecular formula is C24H32N2O2. The Morgan fingerprint density at radius 2 is 1.61 bits per heavy atom. The van der Waals surface area contributed by atoms with E-state index in [1.54, 1.807) is 0 Å². The summed E-state index contributed by atoms with van der Waals surface area (Å²) < 4.78 is 6.02. The largest absolute Gasteiger partial charge is 0.491 e. The second kappa shape index (κ2) is 9.55.